The first-order chi connectivity index (χ1) is 11.5. The summed E-state index contributed by atoms with van der Waals surface area (Å²) < 4.78 is 1.32. The monoisotopic (exact) mass is 335 g/mol. The number of aromatic nitrogens is 2. The summed E-state index contributed by atoms with van der Waals surface area (Å²) in [4.78, 5) is 39.1. The van der Waals surface area contributed by atoms with Gasteiger partial charge in [0, 0.05) is 58.8 Å². The average Bonchev–Trinajstić information content (AvgIpc) is 2.57. The summed E-state index contributed by atoms with van der Waals surface area (Å²) >= 11 is 0. The zero-order chi connectivity index (χ0) is 17.5. The smallest absolute Gasteiger partial charge is 0.271 e. The Morgan fingerprint density at radius 2 is 1.88 bits per heavy atom. The van der Waals surface area contributed by atoms with Gasteiger partial charge >= 0.3 is 0 Å². The Balaban J connectivity index is 1.79. The fraction of sp³-hybridized carbons (Fsp3) is 0.625. The lowest BCUT2D eigenvalue weighted by Crippen LogP contribution is -2.49. The molecule has 2 rings (SSSR count). The van der Waals surface area contributed by atoms with Crippen molar-refractivity contribution in [3.8, 4) is 0 Å². The Morgan fingerprint density at radius 3 is 2.50 bits per heavy atom. The van der Waals surface area contributed by atoms with Crippen LogP contribution in [0.1, 0.15) is 30.8 Å². The number of aryl methyl sites for hydroxylation is 1. The van der Waals surface area contributed by atoms with Gasteiger partial charge in [-0.05, 0) is 12.5 Å². The zero-order valence-corrected chi connectivity index (χ0v) is 14.3. The van der Waals surface area contributed by atoms with Crippen LogP contribution in [0.2, 0.25) is 0 Å². The summed E-state index contributed by atoms with van der Waals surface area (Å²) in [5.74, 6) is -0.168. The topological polar surface area (TPSA) is 87.5 Å². The van der Waals surface area contributed by atoms with E-state index in [2.05, 4.69) is 15.3 Å². The summed E-state index contributed by atoms with van der Waals surface area (Å²) in [6.45, 7) is 8.36. The molecule has 1 aliphatic heterocycles. The minimum atomic E-state index is -0.276. The standard InChI is InChI=1S/C16H25N5O3/c1-3-7-21-15(23)5-4-14(18-21)16(24)17-6-8-19-9-11-20(12-10-19)13(2)22/h4-5H,3,6-12H2,1-2H3,(H,17,24). The number of carbonyl (C=O) groups is 2. The van der Waals surface area contributed by atoms with Crippen molar-refractivity contribution >= 4 is 11.8 Å². The van der Waals surface area contributed by atoms with E-state index in [0.29, 0.717) is 13.1 Å². The van der Waals surface area contributed by atoms with Gasteiger partial charge in [-0.25, -0.2) is 4.68 Å². The van der Waals surface area contributed by atoms with Crippen molar-refractivity contribution in [1.29, 1.82) is 0 Å². The molecule has 2 heterocycles. The van der Waals surface area contributed by atoms with Gasteiger partial charge in [0.25, 0.3) is 11.5 Å². The highest BCUT2D eigenvalue weighted by molar-refractivity contribution is 5.91. The summed E-state index contributed by atoms with van der Waals surface area (Å²) in [7, 11) is 0. The van der Waals surface area contributed by atoms with Crippen LogP contribution in [-0.2, 0) is 11.3 Å². The highest BCUT2D eigenvalue weighted by Gasteiger charge is 2.18. The van der Waals surface area contributed by atoms with Crippen LogP contribution >= 0.6 is 0 Å². The third kappa shape index (κ3) is 4.89. The van der Waals surface area contributed by atoms with E-state index in [9.17, 15) is 14.4 Å². The molecule has 132 valence electrons. The number of hydrogen-bond donors (Lipinski definition) is 1. The number of piperazine rings is 1. The summed E-state index contributed by atoms with van der Waals surface area (Å²) in [5, 5.41) is 6.92. The molecule has 1 aromatic heterocycles. The van der Waals surface area contributed by atoms with E-state index in [4.69, 9.17) is 0 Å². The van der Waals surface area contributed by atoms with Gasteiger partial charge in [0.2, 0.25) is 5.91 Å². The van der Waals surface area contributed by atoms with Crippen LogP contribution in [-0.4, -0.2) is 70.7 Å². The lowest BCUT2D eigenvalue weighted by molar-refractivity contribution is -0.130. The molecule has 1 aliphatic rings. The molecule has 1 aromatic rings. The molecular formula is C16H25N5O3. The van der Waals surface area contributed by atoms with Crippen molar-refractivity contribution in [1.82, 2.24) is 24.9 Å². The highest BCUT2D eigenvalue weighted by Crippen LogP contribution is 2.01. The molecule has 0 saturated carbocycles. The van der Waals surface area contributed by atoms with Crippen molar-refractivity contribution in [2.75, 3.05) is 39.3 Å². The first kappa shape index (κ1) is 18.1. The number of hydrogen-bond acceptors (Lipinski definition) is 5. The second-order valence-corrected chi connectivity index (χ2v) is 5.88. The van der Waals surface area contributed by atoms with Crippen molar-refractivity contribution in [3.63, 3.8) is 0 Å². The third-order valence-electron chi connectivity index (χ3n) is 4.07. The van der Waals surface area contributed by atoms with Crippen LogP contribution < -0.4 is 10.9 Å². The van der Waals surface area contributed by atoms with Crippen molar-refractivity contribution in [2.45, 2.75) is 26.8 Å². The Labute approximate surface area is 141 Å². The summed E-state index contributed by atoms with van der Waals surface area (Å²) in [6.07, 6.45) is 0.782. The average molecular weight is 335 g/mol. The molecule has 0 aromatic carbocycles. The number of rotatable bonds is 6. The fourth-order valence-corrected chi connectivity index (χ4v) is 2.65. The number of carbonyl (C=O) groups excluding carboxylic acids is 2. The molecule has 1 saturated heterocycles. The van der Waals surface area contributed by atoms with E-state index in [1.165, 1.54) is 16.8 Å². The maximum atomic E-state index is 12.1. The van der Waals surface area contributed by atoms with Crippen LogP contribution in [0.15, 0.2) is 16.9 Å². The van der Waals surface area contributed by atoms with E-state index in [1.807, 2.05) is 11.8 Å². The predicted molar refractivity (Wildman–Crippen MR) is 89.8 cm³/mol. The molecule has 2 amide bonds. The van der Waals surface area contributed by atoms with Crippen LogP contribution in [0.4, 0.5) is 0 Å². The van der Waals surface area contributed by atoms with Gasteiger partial charge in [-0.2, -0.15) is 5.10 Å². The molecule has 1 N–H and O–H groups in total. The molecule has 0 bridgehead atoms. The van der Waals surface area contributed by atoms with Gasteiger partial charge in [0.1, 0.15) is 5.69 Å². The van der Waals surface area contributed by atoms with Gasteiger partial charge in [-0.1, -0.05) is 6.92 Å². The van der Waals surface area contributed by atoms with E-state index >= 15 is 0 Å². The number of amides is 2. The molecule has 1 fully saturated rings. The SMILES string of the molecule is CCCn1nc(C(=O)NCCN2CCN(C(C)=O)CC2)ccc1=O. The van der Waals surface area contributed by atoms with Crippen LogP contribution in [0.3, 0.4) is 0 Å². The second kappa shape index (κ2) is 8.58. The molecule has 0 unspecified atom stereocenters. The summed E-state index contributed by atoms with van der Waals surface area (Å²) in [6, 6.07) is 2.83. The number of nitrogens with zero attached hydrogens (tertiary/aromatic N) is 4. The number of nitrogens with one attached hydrogen (secondary N) is 1. The van der Waals surface area contributed by atoms with E-state index in [0.717, 1.165) is 39.1 Å². The van der Waals surface area contributed by atoms with Gasteiger partial charge in [-0.3, -0.25) is 19.3 Å². The van der Waals surface area contributed by atoms with E-state index in [1.54, 1.807) is 6.92 Å². The van der Waals surface area contributed by atoms with Gasteiger partial charge in [0.15, 0.2) is 0 Å². The molecule has 0 aliphatic carbocycles. The highest BCUT2D eigenvalue weighted by atomic mass is 16.2. The second-order valence-electron chi connectivity index (χ2n) is 5.88. The Kier molecular flexibility index (Phi) is 6.48. The molecule has 0 spiro atoms. The van der Waals surface area contributed by atoms with Gasteiger partial charge in [0.05, 0.1) is 0 Å². The minimum Gasteiger partial charge on any atom is -0.349 e. The van der Waals surface area contributed by atoms with Crippen LogP contribution in [0.25, 0.3) is 0 Å². The maximum Gasteiger partial charge on any atom is 0.271 e. The van der Waals surface area contributed by atoms with E-state index < -0.39 is 0 Å². The summed E-state index contributed by atoms with van der Waals surface area (Å²) in [5.41, 5.74) is 0.0567. The molecule has 0 radical (unpaired) electrons. The quantitative estimate of drug-likeness (QED) is 0.761. The molecule has 8 nitrogen and oxygen atoms in total. The Morgan fingerprint density at radius 1 is 1.17 bits per heavy atom. The first-order valence-electron chi connectivity index (χ1n) is 8.35. The van der Waals surface area contributed by atoms with Gasteiger partial charge < -0.3 is 10.2 Å². The van der Waals surface area contributed by atoms with Gasteiger partial charge in [-0.15, -0.1) is 0 Å². The predicted octanol–water partition coefficient (Wildman–Crippen LogP) is -0.453. The molecule has 8 heteroatoms. The first-order valence-corrected chi connectivity index (χ1v) is 8.35. The fourth-order valence-electron chi connectivity index (χ4n) is 2.65. The Bertz CT molecular complexity index is 635. The largest absolute Gasteiger partial charge is 0.349 e. The van der Waals surface area contributed by atoms with Crippen molar-refractivity contribution in [2.24, 2.45) is 0 Å². The van der Waals surface area contributed by atoms with Crippen LogP contribution in [0, 0.1) is 0 Å². The van der Waals surface area contributed by atoms with Crippen molar-refractivity contribution in [3.05, 3.63) is 28.2 Å². The minimum absolute atomic E-state index is 0.108. The lowest BCUT2D eigenvalue weighted by Gasteiger charge is -2.34. The Hall–Kier alpha value is -2.22. The van der Waals surface area contributed by atoms with E-state index in [-0.39, 0.29) is 23.1 Å². The van der Waals surface area contributed by atoms with Crippen molar-refractivity contribution < 1.29 is 9.59 Å². The third-order valence-corrected chi connectivity index (χ3v) is 4.07. The van der Waals surface area contributed by atoms with Crippen LogP contribution in [0.5, 0.6) is 0 Å². The molecule has 24 heavy (non-hydrogen) atoms. The molecule has 0 atom stereocenters. The lowest BCUT2D eigenvalue weighted by atomic mass is 10.3. The normalized spacial score (nSPS) is 15.3. The molecular weight excluding hydrogens is 310 g/mol. The maximum absolute atomic E-state index is 12.1. The zero-order valence-electron chi connectivity index (χ0n) is 14.3.